The summed E-state index contributed by atoms with van der Waals surface area (Å²) < 4.78 is 1.73. The van der Waals surface area contributed by atoms with E-state index in [9.17, 15) is 4.79 Å². The molecule has 4 rings (SSSR count). The molecule has 1 aliphatic heterocycles. The number of rotatable bonds is 4. The molecule has 6 heteroatoms. The third-order valence-electron chi connectivity index (χ3n) is 5.89. The van der Waals surface area contributed by atoms with Crippen LogP contribution in [0.3, 0.4) is 0 Å². The molecule has 1 fully saturated rings. The van der Waals surface area contributed by atoms with Crippen molar-refractivity contribution in [2.75, 3.05) is 13.1 Å². The molecule has 0 aliphatic carbocycles. The molecule has 0 spiro atoms. The maximum atomic E-state index is 13.0. The van der Waals surface area contributed by atoms with Crippen LogP contribution in [0.1, 0.15) is 35.9 Å². The summed E-state index contributed by atoms with van der Waals surface area (Å²) in [6.45, 7) is 5.39. The molecule has 2 N–H and O–H groups in total. The summed E-state index contributed by atoms with van der Waals surface area (Å²) in [6.07, 6.45) is 1.88. The van der Waals surface area contributed by atoms with E-state index in [0.29, 0.717) is 11.6 Å². The smallest absolute Gasteiger partial charge is 0.276 e. The molecule has 6 nitrogen and oxygen atoms in total. The van der Waals surface area contributed by atoms with Crippen LogP contribution in [-0.4, -0.2) is 44.9 Å². The van der Waals surface area contributed by atoms with Crippen molar-refractivity contribution in [2.24, 2.45) is 11.7 Å². The van der Waals surface area contributed by atoms with Crippen LogP contribution in [0.5, 0.6) is 0 Å². The minimum atomic E-state index is -0.0437. The maximum Gasteiger partial charge on any atom is 0.276 e. The molecule has 150 valence electrons. The molecule has 29 heavy (non-hydrogen) atoms. The van der Waals surface area contributed by atoms with Crippen LogP contribution in [0.15, 0.2) is 54.6 Å². The zero-order valence-corrected chi connectivity index (χ0v) is 17.0. The molecule has 1 unspecified atom stereocenters. The minimum absolute atomic E-state index is 0.0437. The lowest BCUT2D eigenvalue weighted by atomic mass is 9.91. The second-order valence-electron chi connectivity index (χ2n) is 7.84. The molecule has 1 aliphatic rings. The van der Waals surface area contributed by atoms with E-state index < -0.39 is 0 Å². The molecule has 1 atom stereocenters. The first-order chi connectivity index (χ1) is 14.0. The first kappa shape index (κ1) is 19.3. The maximum absolute atomic E-state index is 13.0. The van der Waals surface area contributed by atoms with Gasteiger partial charge in [-0.25, -0.2) is 4.68 Å². The van der Waals surface area contributed by atoms with Crippen molar-refractivity contribution in [3.05, 3.63) is 66.0 Å². The minimum Gasteiger partial charge on any atom is -0.337 e. The number of hydrogen-bond donors (Lipinski definition) is 1. The van der Waals surface area contributed by atoms with E-state index in [-0.39, 0.29) is 11.9 Å². The fraction of sp³-hybridized carbons (Fsp3) is 0.348. The highest BCUT2D eigenvalue weighted by Crippen LogP contribution is 2.23. The zero-order valence-electron chi connectivity index (χ0n) is 17.0. The number of aromatic nitrogens is 3. The van der Waals surface area contributed by atoms with Crippen molar-refractivity contribution in [3.8, 4) is 16.8 Å². The number of carbonyl (C=O) groups is 1. The van der Waals surface area contributed by atoms with Gasteiger partial charge in [-0.15, -0.1) is 5.10 Å². The van der Waals surface area contributed by atoms with E-state index in [4.69, 9.17) is 5.73 Å². The fourth-order valence-corrected chi connectivity index (χ4v) is 3.98. The number of benzene rings is 2. The molecule has 0 saturated carbocycles. The van der Waals surface area contributed by atoms with E-state index in [0.717, 1.165) is 42.9 Å². The predicted octanol–water partition coefficient (Wildman–Crippen LogP) is 3.44. The Labute approximate surface area is 171 Å². The standard InChI is InChI=1S/C23H27N5O/c1-16(24)18-12-14-27(15-13-18)23(29)22-17(2)28(26-25-22)21-10-8-20(9-11-21)19-6-4-3-5-7-19/h3-11,16,18H,12-15,24H2,1-2H3. The van der Waals surface area contributed by atoms with Gasteiger partial charge in [0.05, 0.1) is 11.4 Å². The fourth-order valence-electron chi connectivity index (χ4n) is 3.98. The first-order valence-corrected chi connectivity index (χ1v) is 10.2. The predicted molar refractivity (Wildman–Crippen MR) is 114 cm³/mol. The Morgan fingerprint density at radius 2 is 1.66 bits per heavy atom. The summed E-state index contributed by atoms with van der Waals surface area (Å²) in [5, 5.41) is 8.45. The van der Waals surface area contributed by atoms with E-state index in [1.54, 1.807) is 4.68 Å². The molecule has 0 radical (unpaired) electrons. The Hall–Kier alpha value is -2.99. The van der Waals surface area contributed by atoms with Crippen LogP contribution in [0.25, 0.3) is 16.8 Å². The highest BCUT2D eigenvalue weighted by atomic mass is 16.2. The van der Waals surface area contributed by atoms with Gasteiger partial charge >= 0.3 is 0 Å². The topological polar surface area (TPSA) is 77.0 Å². The Kier molecular flexibility index (Phi) is 5.45. The number of likely N-dealkylation sites (tertiary alicyclic amines) is 1. The van der Waals surface area contributed by atoms with Gasteiger partial charge in [0.2, 0.25) is 0 Å². The zero-order chi connectivity index (χ0) is 20.4. The third kappa shape index (κ3) is 3.93. The van der Waals surface area contributed by atoms with Gasteiger partial charge in [-0.1, -0.05) is 47.7 Å². The van der Waals surface area contributed by atoms with Gasteiger partial charge in [0.15, 0.2) is 5.69 Å². The van der Waals surface area contributed by atoms with Crippen molar-refractivity contribution in [1.29, 1.82) is 0 Å². The summed E-state index contributed by atoms with van der Waals surface area (Å²) in [4.78, 5) is 14.8. The molecule has 1 saturated heterocycles. The molecule has 1 amide bonds. The van der Waals surface area contributed by atoms with Crippen molar-refractivity contribution in [1.82, 2.24) is 19.9 Å². The lowest BCUT2D eigenvalue weighted by Crippen LogP contribution is -2.42. The molecule has 2 heterocycles. The summed E-state index contributed by atoms with van der Waals surface area (Å²) in [5.41, 5.74) is 10.4. The lowest BCUT2D eigenvalue weighted by Gasteiger charge is -2.33. The Morgan fingerprint density at radius 1 is 1.03 bits per heavy atom. The third-order valence-corrected chi connectivity index (χ3v) is 5.89. The Bertz CT molecular complexity index is 970. The van der Waals surface area contributed by atoms with Gasteiger partial charge < -0.3 is 10.6 Å². The summed E-state index contributed by atoms with van der Waals surface area (Å²) in [5.74, 6) is 0.441. The van der Waals surface area contributed by atoms with Gasteiger partial charge in [0.25, 0.3) is 5.91 Å². The lowest BCUT2D eigenvalue weighted by molar-refractivity contribution is 0.0674. The van der Waals surface area contributed by atoms with Gasteiger partial charge in [-0.3, -0.25) is 4.79 Å². The molecular formula is C23H27N5O. The average Bonchev–Trinajstić information content (AvgIpc) is 3.15. The number of amides is 1. The summed E-state index contributed by atoms with van der Waals surface area (Å²) in [7, 11) is 0. The molecule has 2 aromatic carbocycles. The van der Waals surface area contributed by atoms with E-state index in [1.165, 1.54) is 5.56 Å². The summed E-state index contributed by atoms with van der Waals surface area (Å²) >= 11 is 0. The molecule has 1 aromatic heterocycles. The van der Waals surface area contributed by atoms with Crippen LogP contribution in [0, 0.1) is 12.8 Å². The highest BCUT2D eigenvalue weighted by Gasteiger charge is 2.28. The average molecular weight is 390 g/mol. The normalized spacial score (nSPS) is 16.0. The van der Waals surface area contributed by atoms with E-state index in [1.807, 2.05) is 49.1 Å². The number of piperidine rings is 1. The van der Waals surface area contributed by atoms with Crippen LogP contribution >= 0.6 is 0 Å². The van der Waals surface area contributed by atoms with E-state index in [2.05, 4.69) is 34.6 Å². The van der Waals surface area contributed by atoms with Crippen molar-refractivity contribution < 1.29 is 4.79 Å². The molecular weight excluding hydrogens is 362 g/mol. The van der Waals surface area contributed by atoms with Gasteiger partial charge in [0, 0.05) is 19.1 Å². The quantitative estimate of drug-likeness (QED) is 0.741. The monoisotopic (exact) mass is 389 g/mol. The van der Waals surface area contributed by atoms with Gasteiger partial charge in [0.1, 0.15) is 0 Å². The second kappa shape index (κ2) is 8.17. The van der Waals surface area contributed by atoms with Crippen molar-refractivity contribution >= 4 is 5.91 Å². The summed E-state index contributed by atoms with van der Waals surface area (Å²) in [6, 6.07) is 18.5. The Balaban J connectivity index is 1.51. The van der Waals surface area contributed by atoms with Crippen LogP contribution in [-0.2, 0) is 0 Å². The van der Waals surface area contributed by atoms with Crippen molar-refractivity contribution in [3.63, 3.8) is 0 Å². The largest absolute Gasteiger partial charge is 0.337 e. The number of hydrogen-bond acceptors (Lipinski definition) is 4. The van der Waals surface area contributed by atoms with Crippen LogP contribution in [0.2, 0.25) is 0 Å². The Morgan fingerprint density at radius 3 is 2.28 bits per heavy atom. The SMILES string of the molecule is Cc1c(C(=O)N2CCC(C(C)N)CC2)nnn1-c1ccc(-c2ccccc2)cc1. The first-order valence-electron chi connectivity index (χ1n) is 10.2. The number of nitrogens with two attached hydrogens (primary N) is 1. The van der Waals surface area contributed by atoms with Crippen LogP contribution < -0.4 is 5.73 Å². The molecule has 3 aromatic rings. The second-order valence-corrected chi connectivity index (χ2v) is 7.84. The van der Waals surface area contributed by atoms with Crippen molar-refractivity contribution in [2.45, 2.75) is 32.7 Å². The van der Waals surface area contributed by atoms with Crippen LogP contribution in [0.4, 0.5) is 0 Å². The highest BCUT2D eigenvalue weighted by molar-refractivity contribution is 5.93. The van der Waals surface area contributed by atoms with E-state index >= 15 is 0 Å². The number of carbonyl (C=O) groups excluding carboxylic acids is 1. The number of nitrogens with zero attached hydrogens (tertiary/aromatic N) is 4. The van der Waals surface area contributed by atoms with Gasteiger partial charge in [-0.05, 0) is 55.9 Å². The van der Waals surface area contributed by atoms with Gasteiger partial charge in [-0.2, -0.15) is 0 Å². The molecule has 0 bridgehead atoms.